The van der Waals surface area contributed by atoms with Crippen molar-refractivity contribution < 1.29 is 13.2 Å². The van der Waals surface area contributed by atoms with Gasteiger partial charge in [-0.05, 0) is 50.6 Å². The monoisotopic (exact) mass is 292 g/mol. The van der Waals surface area contributed by atoms with Crippen LogP contribution < -0.4 is 5.73 Å². The van der Waals surface area contributed by atoms with Gasteiger partial charge in [0, 0.05) is 12.1 Å². The minimum absolute atomic E-state index is 0.188. The molecule has 0 amide bonds. The summed E-state index contributed by atoms with van der Waals surface area (Å²) in [6.07, 6.45) is -0.0669. The van der Waals surface area contributed by atoms with Gasteiger partial charge < -0.3 is 5.73 Å². The van der Waals surface area contributed by atoms with E-state index in [0.29, 0.717) is 18.4 Å². The van der Waals surface area contributed by atoms with E-state index in [1.54, 1.807) is 0 Å². The molecular formula is C15H27F3N2. The number of piperidine rings is 1. The van der Waals surface area contributed by atoms with E-state index in [1.807, 2.05) is 0 Å². The molecule has 0 bridgehead atoms. The summed E-state index contributed by atoms with van der Waals surface area (Å²) in [6, 6.07) is 0. The van der Waals surface area contributed by atoms with E-state index in [-0.39, 0.29) is 12.8 Å². The van der Waals surface area contributed by atoms with E-state index in [2.05, 4.69) is 18.7 Å². The SMILES string of the molecule is CC1(C)CCN(C2(CN)CCCC(C(F)(F)F)C2)CC1. The van der Waals surface area contributed by atoms with Gasteiger partial charge in [0.1, 0.15) is 0 Å². The van der Waals surface area contributed by atoms with E-state index >= 15 is 0 Å². The van der Waals surface area contributed by atoms with Crippen LogP contribution in [0.15, 0.2) is 0 Å². The number of hydrogen-bond donors (Lipinski definition) is 1. The average Bonchev–Trinajstić information content (AvgIpc) is 2.37. The molecule has 2 N–H and O–H groups in total. The first-order valence-electron chi connectivity index (χ1n) is 7.70. The van der Waals surface area contributed by atoms with Crippen molar-refractivity contribution in [1.29, 1.82) is 0 Å². The Kier molecular flexibility index (Phi) is 4.41. The summed E-state index contributed by atoms with van der Waals surface area (Å²) in [7, 11) is 0. The summed E-state index contributed by atoms with van der Waals surface area (Å²) in [6.45, 7) is 6.58. The maximum Gasteiger partial charge on any atom is 0.391 e. The molecule has 0 radical (unpaired) electrons. The Hall–Kier alpha value is -0.290. The number of likely N-dealkylation sites (tertiary alicyclic amines) is 1. The lowest BCUT2D eigenvalue weighted by Gasteiger charge is -2.52. The third-order valence-electron chi connectivity index (χ3n) is 5.45. The van der Waals surface area contributed by atoms with Gasteiger partial charge in [0.25, 0.3) is 0 Å². The van der Waals surface area contributed by atoms with Crippen molar-refractivity contribution in [2.24, 2.45) is 17.1 Å². The Morgan fingerprint density at radius 3 is 2.25 bits per heavy atom. The highest BCUT2D eigenvalue weighted by atomic mass is 19.4. The molecule has 5 heteroatoms. The zero-order valence-corrected chi connectivity index (χ0v) is 12.6. The zero-order chi connectivity index (χ0) is 15.0. The standard InChI is InChI=1S/C15H27F3N2/c1-13(2)6-8-20(9-7-13)14(11-19)5-3-4-12(10-14)15(16,17)18/h12H,3-11,19H2,1-2H3. The fourth-order valence-corrected chi connectivity index (χ4v) is 3.81. The lowest BCUT2D eigenvalue weighted by molar-refractivity contribution is -0.194. The molecule has 1 saturated heterocycles. The van der Waals surface area contributed by atoms with Gasteiger partial charge in [0.2, 0.25) is 0 Å². The summed E-state index contributed by atoms with van der Waals surface area (Å²) >= 11 is 0. The molecule has 2 rings (SSSR count). The number of alkyl halides is 3. The third-order valence-corrected chi connectivity index (χ3v) is 5.45. The second-order valence-electron chi connectivity index (χ2n) is 7.41. The molecule has 20 heavy (non-hydrogen) atoms. The van der Waals surface area contributed by atoms with E-state index in [4.69, 9.17) is 5.73 Å². The van der Waals surface area contributed by atoms with E-state index in [1.165, 1.54) is 0 Å². The minimum Gasteiger partial charge on any atom is -0.329 e. The van der Waals surface area contributed by atoms with Crippen molar-refractivity contribution in [1.82, 2.24) is 4.90 Å². The molecule has 2 fully saturated rings. The molecule has 0 aromatic heterocycles. The first-order valence-corrected chi connectivity index (χ1v) is 7.70. The molecule has 1 saturated carbocycles. The molecule has 2 atom stereocenters. The second-order valence-corrected chi connectivity index (χ2v) is 7.41. The second kappa shape index (κ2) is 5.48. The maximum atomic E-state index is 13.1. The summed E-state index contributed by atoms with van der Waals surface area (Å²) in [4.78, 5) is 2.26. The van der Waals surface area contributed by atoms with Crippen LogP contribution in [0.4, 0.5) is 13.2 Å². The summed E-state index contributed by atoms with van der Waals surface area (Å²) in [5, 5.41) is 0. The van der Waals surface area contributed by atoms with Gasteiger partial charge in [-0.3, -0.25) is 4.90 Å². The molecule has 118 valence electrons. The largest absolute Gasteiger partial charge is 0.391 e. The predicted molar refractivity (Wildman–Crippen MR) is 74.4 cm³/mol. The van der Waals surface area contributed by atoms with E-state index < -0.39 is 17.6 Å². The van der Waals surface area contributed by atoms with E-state index in [9.17, 15) is 13.2 Å². The lowest BCUT2D eigenvalue weighted by atomic mass is 9.72. The first kappa shape index (κ1) is 16.1. The van der Waals surface area contributed by atoms with Crippen LogP contribution in [0.3, 0.4) is 0 Å². The number of hydrogen-bond acceptors (Lipinski definition) is 2. The van der Waals surface area contributed by atoms with Crippen molar-refractivity contribution in [3.8, 4) is 0 Å². The van der Waals surface area contributed by atoms with Crippen LogP contribution >= 0.6 is 0 Å². The third kappa shape index (κ3) is 3.30. The Morgan fingerprint density at radius 2 is 1.75 bits per heavy atom. The molecule has 1 heterocycles. The van der Waals surface area contributed by atoms with Crippen LogP contribution in [0.2, 0.25) is 0 Å². The topological polar surface area (TPSA) is 29.3 Å². The summed E-state index contributed by atoms with van der Waals surface area (Å²) < 4.78 is 39.2. The van der Waals surface area contributed by atoms with Crippen LogP contribution in [0.5, 0.6) is 0 Å². The van der Waals surface area contributed by atoms with Gasteiger partial charge in [-0.25, -0.2) is 0 Å². The van der Waals surface area contributed by atoms with Gasteiger partial charge >= 0.3 is 6.18 Å². The summed E-state index contributed by atoms with van der Waals surface area (Å²) in [5.41, 5.74) is 5.82. The molecule has 0 aromatic carbocycles. The predicted octanol–water partition coefficient (Wildman–Crippen LogP) is 3.56. The van der Waals surface area contributed by atoms with Crippen molar-refractivity contribution in [3.63, 3.8) is 0 Å². The van der Waals surface area contributed by atoms with Gasteiger partial charge in [-0.2, -0.15) is 13.2 Å². The number of nitrogens with two attached hydrogens (primary N) is 1. The molecule has 2 unspecified atom stereocenters. The lowest BCUT2D eigenvalue weighted by Crippen LogP contribution is -2.60. The molecule has 1 aliphatic heterocycles. The average molecular weight is 292 g/mol. The zero-order valence-electron chi connectivity index (χ0n) is 12.6. The van der Waals surface area contributed by atoms with Crippen LogP contribution in [-0.4, -0.2) is 36.2 Å². The highest BCUT2D eigenvalue weighted by Gasteiger charge is 2.49. The van der Waals surface area contributed by atoms with Gasteiger partial charge in [-0.15, -0.1) is 0 Å². The highest BCUT2D eigenvalue weighted by molar-refractivity contribution is 5.00. The van der Waals surface area contributed by atoms with Crippen LogP contribution in [0.25, 0.3) is 0 Å². The fraction of sp³-hybridized carbons (Fsp3) is 1.00. The van der Waals surface area contributed by atoms with Crippen molar-refractivity contribution in [3.05, 3.63) is 0 Å². The molecule has 0 aromatic rings. The van der Waals surface area contributed by atoms with Crippen molar-refractivity contribution in [2.45, 2.75) is 64.1 Å². The van der Waals surface area contributed by atoms with Crippen molar-refractivity contribution in [2.75, 3.05) is 19.6 Å². The first-order chi connectivity index (χ1) is 9.19. The van der Waals surface area contributed by atoms with Crippen LogP contribution in [0, 0.1) is 11.3 Å². The van der Waals surface area contributed by atoms with Gasteiger partial charge in [0.15, 0.2) is 0 Å². The molecular weight excluding hydrogens is 265 g/mol. The van der Waals surface area contributed by atoms with Gasteiger partial charge in [-0.1, -0.05) is 20.3 Å². The maximum absolute atomic E-state index is 13.1. The molecule has 2 aliphatic rings. The smallest absolute Gasteiger partial charge is 0.329 e. The fourth-order valence-electron chi connectivity index (χ4n) is 3.81. The normalized spacial score (nSPS) is 36.0. The van der Waals surface area contributed by atoms with Crippen LogP contribution in [-0.2, 0) is 0 Å². The molecule has 1 aliphatic carbocycles. The van der Waals surface area contributed by atoms with Gasteiger partial charge in [0.05, 0.1) is 5.92 Å². The summed E-state index contributed by atoms with van der Waals surface area (Å²) in [5.74, 6) is -1.17. The Bertz CT molecular complexity index is 331. The van der Waals surface area contributed by atoms with E-state index in [0.717, 1.165) is 32.4 Å². The molecule has 2 nitrogen and oxygen atoms in total. The number of nitrogens with zero attached hydrogens (tertiary/aromatic N) is 1. The minimum atomic E-state index is -4.07. The number of rotatable bonds is 2. The Morgan fingerprint density at radius 1 is 1.15 bits per heavy atom. The quantitative estimate of drug-likeness (QED) is 0.843. The molecule has 0 spiro atoms. The number of halogens is 3. The highest BCUT2D eigenvalue weighted by Crippen LogP contribution is 2.45. The van der Waals surface area contributed by atoms with Crippen molar-refractivity contribution >= 4 is 0 Å². The Labute approximate surface area is 119 Å². The van der Waals surface area contributed by atoms with Crippen LogP contribution in [0.1, 0.15) is 52.4 Å². The Balaban J connectivity index is 2.09.